The van der Waals surface area contributed by atoms with E-state index >= 15 is 0 Å². The Balaban J connectivity index is 2.15. The predicted molar refractivity (Wildman–Crippen MR) is 122 cm³/mol. The van der Waals surface area contributed by atoms with Gasteiger partial charge in [0.15, 0.2) is 0 Å². The lowest BCUT2D eigenvalue weighted by Gasteiger charge is -2.26. The predicted octanol–water partition coefficient (Wildman–Crippen LogP) is 2.81. The zero-order valence-corrected chi connectivity index (χ0v) is 19.8. The van der Waals surface area contributed by atoms with Gasteiger partial charge in [-0.25, -0.2) is 0 Å². The molecule has 8 heteroatoms. The van der Waals surface area contributed by atoms with E-state index in [1.807, 2.05) is 64.0 Å². The topological polar surface area (TPSA) is 87.9 Å². The van der Waals surface area contributed by atoms with Crippen molar-refractivity contribution in [3.63, 3.8) is 0 Å². The molecule has 2 aromatic rings. The van der Waals surface area contributed by atoms with Gasteiger partial charge in [0.25, 0.3) is 11.7 Å². The summed E-state index contributed by atoms with van der Waals surface area (Å²) in [6, 6.07) is 6.63. The molecule has 172 valence electrons. The van der Waals surface area contributed by atoms with Crippen molar-refractivity contribution in [3.8, 4) is 5.75 Å². The van der Waals surface area contributed by atoms with E-state index in [2.05, 4.69) is 5.10 Å². The summed E-state index contributed by atoms with van der Waals surface area (Å²) in [6.07, 6.45) is 0.0307. The van der Waals surface area contributed by atoms with Crippen LogP contribution in [0.1, 0.15) is 42.4 Å². The molecule has 1 fully saturated rings. The average Bonchev–Trinajstić information content (AvgIpc) is 3.12. The van der Waals surface area contributed by atoms with Gasteiger partial charge in [-0.05, 0) is 59.5 Å². The Labute approximate surface area is 189 Å². The van der Waals surface area contributed by atoms with E-state index in [4.69, 9.17) is 4.74 Å². The summed E-state index contributed by atoms with van der Waals surface area (Å²) < 4.78 is 7.38. The van der Waals surface area contributed by atoms with Gasteiger partial charge >= 0.3 is 0 Å². The number of Topliss-reactive ketones (excluding diaryl/α,β-unsaturated/α-hetero) is 1. The van der Waals surface area contributed by atoms with Crippen LogP contribution in [0.2, 0.25) is 0 Å². The molecule has 0 spiro atoms. The van der Waals surface area contributed by atoms with Crippen LogP contribution in [0, 0.1) is 13.8 Å². The molecule has 1 atom stereocenters. The number of aliphatic hydroxyl groups is 1. The minimum Gasteiger partial charge on any atom is -0.507 e. The fourth-order valence-corrected chi connectivity index (χ4v) is 4.02. The standard InChI is InChI=1S/C24H32N4O4/c1-14(2)32-18-10-8-17(9-11-18)21-20(22(29)19-15(3)25-27(7)16(19)4)23(30)24(31)28(21)13-12-26(5)6/h8-11,14,21,29H,12-13H2,1-7H3/t21-/m0/s1. The van der Waals surface area contributed by atoms with Gasteiger partial charge in [-0.2, -0.15) is 5.10 Å². The van der Waals surface area contributed by atoms with Crippen LogP contribution < -0.4 is 4.74 Å². The number of aryl methyl sites for hydroxylation is 2. The monoisotopic (exact) mass is 440 g/mol. The van der Waals surface area contributed by atoms with E-state index in [1.54, 1.807) is 18.7 Å². The molecule has 0 bridgehead atoms. The molecule has 1 aromatic carbocycles. The molecule has 1 saturated heterocycles. The number of ether oxygens (including phenoxy) is 1. The Kier molecular flexibility index (Phi) is 6.74. The molecular formula is C24H32N4O4. The molecule has 1 aromatic heterocycles. The van der Waals surface area contributed by atoms with Crippen molar-refractivity contribution in [3.05, 3.63) is 52.4 Å². The highest BCUT2D eigenvalue weighted by atomic mass is 16.5. The number of aromatic nitrogens is 2. The van der Waals surface area contributed by atoms with Crippen molar-refractivity contribution in [1.29, 1.82) is 0 Å². The number of hydrogen-bond donors (Lipinski definition) is 1. The van der Waals surface area contributed by atoms with Crippen LogP contribution in [-0.2, 0) is 16.6 Å². The maximum Gasteiger partial charge on any atom is 0.295 e. The zero-order valence-electron chi connectivity index (χ0n) is 19.8. The average molecular weight is 441 g/mol. The Morgan fingerprint density at radius 1 is 1.19 bits per heavy atom. The molecule has 1 aliphatic rings. The summed E-state index contributed by atoms with van der Waals surface area (Å²) in [7, 11) is 5.59. The summed E-state index contributed by atoms with van der Waals surface area (Å²) in [4.78, 5) is 29.6. The van der Waals surface area contributed by atoms with Crippen LogP contribution in [0.3, 0.4) is 0 Å². The summed E-state index contributed by atoms with van der Waals surface area (Å²) in [5, 5.41) is 15.6. The van der Waals surface area contributed by atoms with Gasteiger partial charge in [0.05, 0.1) is 29.0 Å². The van der Waals surface area contributed by atoms with E-state index < -0.39 is 17.7 Å². The highest BCUT2D eigenvalue weighted by Gasteiger charge is 2.46. The summed E-state index contributed by atoms with van der Waals surface area (Å²) >= 11 is 0. The third-order valence-electron chi connectivity index (χ3n) is 5.64. The first-order valence-corrected chi connectivity index (χ1v) is 10.7. The first-order chi connectivity index (χ1) is 15.0. The first-order valence-electron chi connectivity index (χ1n) is 10.7. The highest BCUT2D eigenvalue weighted by molar-refractivity contribution is 6.46. The molecule has 3 rings (SSSR count). The Bertz CT molecular complexity index is 1050. The molecule has 0 saturated carbocycles. The second kappa shape index (κ2) is 9.16. The molecule has 0 unspecified atom stereocenters. The van der Waals surface area contributed by atoms with Gasteiger partial charge in [0.1, 0.15) is 11.5 Å². The Morgan fingerprint density at radius 3 is 2.31 bits per heavy atom. The normalized spacial score (nSPS) is 18.3. The van der Waals surface area contributed by atoms with Crippen LogP contribution >= 0.6 is 0 Å². The number of carbonyl (C=O) groups is 2. The van der Waals surface area contributed by atoms with E-state index in [1.165, 1.54) is 4.90 Å². The second-order valence-corrected chi connectivity index (χ2v) is 8.70. The van der Waals surface area contributed by atoms with Crippen molar-refractivity contribution in [2.45, 2.75) is 39.8 Å². The van der Waals surface area contributed by atoms with Gasteiger partial charge in [0.2, 0.25) is 0 Å². The Hall–Kier alpha value is -3.13. The highest BCUT2D eigenvalue weighted by Crippen LogP contribution is 2.40. The number of carbonyl (C=O) groups excluding carboxylic acids is 2. The largest absolute Gasteiger partial charge is 0.507 e. The fourth-order valence-electron chi connectivity index (χ4n) is 4.02. The van der Waals surface area contributed by atoms with Crippen molar-refractivity contribution < 1.29 is 19.4 Å². The number of likely N-dealkylation sites (tertiary alicyclic amines) is 1. The number of amides is 1. The fraction of sp³-hybridized carbons (Fsp3) is 0.458. The molecule has 1 amide bonds. The minimum absolute atomic E-state index is 0.0307. The number of nitrogens with zero attached hydrogens (tertiary/aromatic N) is 4. The summed E-state index contributed by atoms with van der Waals surface area (Å²) in [5.41, 5.74) is 2.63. The van der Waals surface area contributed by atoms with Crippen LogP contribution in [0.25, 0.3) is 5.76 Å². The smallest absolute Gasteiger partial charge is 0.295 e. The lowest BCUT2D eigenvalue weighted by atomic mass is 9.94. The lowest BCUT2D eigenvalue weighted by molar-refractivity contribution is -0.140. The van der Waals surface area contributed by atoms with E-state index in [9.17, 15) is 14.7 Å². The van der Waals surface area contributed by atoms with Crippen LogP contribution in [0.4, 0.5) is 0 Å². The van der Waals surface area contributed by atoms with Crippen LogP contribution in [0.5, 0.6) is 5.75 Å². The zero-order chi connectivity index (χ0) is 23.7. The molecule has 1 aliphatic heterocycles. The van der Waals surface area contributed by atoms with Crippen molar-refractivity contribution >= 4 is 17.4 Å². The first kappa shape index (κ1) is 23.5. The number of hydrogen-bond acceptors (Lipinski definition) is 6. The van der Waals surface area contributed by atoms with Crippen molar-refractivity contribution in [2.24, 2.45) is 7.05 Å². The third-order valence-corrected chi connectivity index (χ3v) is 5.64. The van der Waals surface area contributed by atoms with E-state index in [0.29, 0.717) is 30.1 Å². The van der Waals surface area contributed by atoms with E-state index in [0.717, 1.165) is 11.3 Å². The van der Waals surface area contributed by atoms with Gasteiger partial charge in [0, 0.05) is 25.8 Å². The second-order valence-electron chi connectivity index (χ2n) is 8.70. The molecular weight excluding hydrogens is 408 g/mol. The third kappa shape index (κ3) is 4.41. The van der Waals surface area contributed by atoms with Gasteiger partial charge in [-0.3, -0.25) is 14.3 Å². The number of ketones is 1. The number of rotatable bonds is 7. The molecule has 1 N–H and O–H groups in total. The number of benzene rings is 1. The number of aliphatic hydroxyl groups excluding tert-OH is 1. The quantitative estimate of drug-likeness (QED) is 0.405. The molecule has 2 heterocycles. The van der Waals surface area contributed by atoms with Crippen molar-refractivity contribution in [2.75, 3.05) is 27.2 Å². The molecule has 32 heavy (non-hydrogen) atoms. The lowest BCUT2D eigenvalue weighted by Crippen LogP contribution is -2.35. The van der Waals surface area contributed by atoms with Crippen LogP contribution in [-0.4, -0.2) is 69.7 Å². The van der Waals surface area contributed by atoms with Crippen molar-refractivity contribution in [1.82, 2.24) is 19.6 Å². The maximum atomic E-state index is 13.1. The number of likely N-dealkylation sites (N-methyl/N-ethyl adjacent to an activating group) is 1. The summed E-state index contributed by atoms with van der Waals surface area (Å²) in [6.45, 7) is 8.43. The molecule has 0 radical (unpaired) electrons. The molecule has 0 aliphatic carbocycles. The van der Waals surface area contributed by atoms with E-state index in [-0.39, 0.29) is 17.4 Å². The van der Waals surface area contributed by atoms with Gasteiger partial charge < -0.3 is 19.6 Å². The van der Waals surface area contributed by atoms with Crippen LogP contribution in [0.15, 0.2) is 29.8 Å². The van der Waals surface area contributed by atoms with Gasteiger partial charge in [-0.15, -0.1) is 0 Å². The maximum absolute atomic E-state index is 13.1. The summed E-state index contributed by atoms with van der Waals surface area (Å²) in [5.74, 6) is -0.782. The SMILES string of the molecule is Cc1nn(C)c(C)c1C(O)=C1C(=O)C(=O)N(CCN(C)C)[C@H]1c1ccc(OC(C)C)cc1. The molecule has 8 nitrogen and oxygen atoms in total. The van der Waals surface area contributed by atoms with Gasteiger partial charge in [-0.1, -0.05) is 12.1 Å². The Morgan fingerprint density at radius 2 is 1.81 bits per heavy atom. The minimum atomic E-state index is -0.693.